The molecule has 32 heavy (non-hydrogen) atoms. The number of anilines is 1. The number of rotatable bonds is 3. The molecular formula is C22H30N8O2. The van der Waals surface area contributed by atoms with Gasteiger partial charge in [0.2, 0.25) is 5.91 Å². The van der Waals surface area contributed by atoms with Gasteiger partial charge in [-0.15, -0.1) is 0 Å². The Labute approximate surface area is 187 Å². The fourth-order valence-electron chi connectivity index (χ4n) is 4.73. The Morgan fingerprint density at radius 1 is 1.22 bits per heavy atom. The van der Waals surface area contributed by atoms with Crippen LogP contribution in [0.1, 0.15) is 32.6 Å². The number of fused-ring (bicyclic) bond motifs is 1. The van der Waals surface area contributed by atoms with Crippen molar-refractivity contribution in [1.29, 1.82) is 5.26 Å². The van der Waals surface area contributed by atoms with Crippen molar-refractivity contribution < 1.29 is 9.59 Å². The zero-order valence-corrected chi connectivity index (χ0v) is 18.6. The third kappa shape index (κ3) is 4.12. The van der Waals surface area contributed by atoms with E-state index in [1.165, 1.54) is 6.33 Å². The maximum atomic E-state index is 13.1. The SMILES string of the molecule is C[C@@H]1CCN(C(=O)CC#N)C[C@@H]1N(C)c1ncnc2c1ccn2C(=O)N1CCC(N)CC1. The first-order valence-corrected chi connectivity index (χ1v) is 11.1. The van der Waals surface area contributed by atoms with E-state index in [1.807, 2.05) is 24.1 Å². The second-order valence-corrected chi connectivity index (χ2v) is 8.85. The number of likely N-dealkylation sites (N-methyl/N-ethyl adjacent to an activating group) is 1. The quantitative estimate of drug-likeness (QED) is 0.768. The predicted molar refractivity (Wildman–Crippen MR) is 120 cm³/mol. The Morgan fingerprint density at radius 2 is 1.94 bits per heavy atom. The third-order valence-corrected chi connectivity index (χ3v) is 6.81. The van der Waals surface area contributed by atoms with Crippen LogP contribution >= 0.6 is 0 Å². The first-order valence-electron chi connectivity index (χ1n) is 11.1. The maximum absolute atomic E-state index is 13.1. The number of aromatic nitrogens is 3. The number of piperidine rings is 2. The molecule has 2 aromatic heterocycles. The van der Waals surface area contributed by atoms with Crippen LogP contribution in [0.25, 0.3) is 11.0 Å². The molecule has 2 aromatic rings. The van der Waals surface area contributed by atoms with Gasteiger partial charge in [0.15, 0.2) is 5.65 Å². The smallest absolute Gasteiger partial charge is 0.329 e. The molecule has 170 valence electrons. The highest BCUT2D eigenvalue weighted by molar-refractivity contribution is 5.95. The number of nitriles is 1. The van der Waals surface area contributed by atoms with E-state index in [1.54, 1.807) is 15.7 Å². The molecule has 10 heteroatoms. The Bertz CT molecular complexity index is 1040. The van der Waals surface area contributed by atoms with Gasteiger partial charge in [0.25, 0.3) is 0 Å². The van der Waals surface area contributed by atoms with Crippen LogP contribution in [0, 0.1) is 17.2 Å². The van der Waals surface area contributed by atoms with Gasteiger partial charge in [-0.2, -0.15) is 5.26 Å². The minimum absolute atomic E-state index is 0.0483. The Hall–Kier alpha value is -3.19. The van der Waals surface area contributed by atoms with Crippen LogP contribution in [0.4, 0.5) is 10.6 Å². The lowest BCUT2D eigenvalue weighted by atomic mass is 9.92. The van der Waals surface area contributed by atoms with Gasteiger partial charge in [0.1, 0.15) is 18.6 Å². The number of likely N-dealkylation sites (tertiary alicyclic amines) is 2. The average Bonchev–Trinajstić information content (AvgIpc) is 3.23. The molecule has 2 aliphatic rings. The van der Waals surface area contributed by atoms with Crippen molar-refractivity contribution in [3.8, 4) is 6.07 Å². The van der Waals surface area contributed by atoms with Gasteiger partial charge in [-0.1, -0.05) is 6.92 Å². The number of nitrogens with zero attached hydrogens (tertiary/aromatic N) is 7. The molecule has 2 amide bonds. The number of nitrogens with two attached hydrogens (primary N) is 1. The molecule has 0 unspecified atom stereocenters. The van der Waals surface area contributed by atoms with Crippen molar-refractivity contribution in [3.05, 3.63) is 18.6 Å². The average molecular weight is 439 g/mol. The number of amides is 2. The standard InChI is InChI=1S/C22H30N8O2/c1-15-4-9-29(19(31)3-8-23)13-18(15)27(2)20-17-7-12-30(21(17)26-14-25-20)22(32)28-10-5-16(24)6-11-28/h7,12,14-16,18H,3-6,9-11,13,24H2,1-2H3/t15-,18+/m1/s1. The lowest BCUT2D eigenvalue weighted by Crippen LogP contribution is -2.52. The minimum Gasteiger partial charge on any atom is -0.354 e. The summed E-state index contributed by atoms with van der Waals surface area (Å²) in [5, 5.41) is 9.68. The van der Waals surface area contributed by atoms with Crippen LogP contribution in [0.5, 0.6) is 0 Å². The lowest BCUT2D eigenvalue weighted by molar-refractivity contribution is -0.131. The van der Waals surface area contributed by atoms with Crippen molar-refractivity contribution in [2.75, 3.05) is 38.1 Å². The monoisotopic (exact) mass is 438 g/mol. The van der Waals surface area contributed by atoms with Crippen molar-refractivity contribution >= 4 is 28.8 Å². The first kappa shape index (κ1) is 22.0. The van der Waals surface area contributed by atoms with E-state index in [9.17, 15) is 9.59 Å². The molecule has 0 saturated carbocycles. The van der Waals surface area contributed by atoms with Crippen molar-refractivity contribution in [1.82, 2.24) is 24.3 Å². The van der Waals surface area contributed by atoms with Gasteiger partial charge in [0, 0.05) is 45.5 Å². The fourth-order valence-corrected chi connectivity index (χ4v) is 4.73. The van der Waals surface area contributed by atoms with Crippen LogP contribution in [0.2, 0.25) is 0 Å². The van der Waals surface area contributed by atoms with Gasteiger partial charge in [-0.3, -0.25) is 9.36 Å². The lowest BCUT2D eigenvalue weighted by Gasteiger charge is -2.42. The molecule has 2 N–H and O–H groups in total. The predicted octanol–water partition coefficient (Wildman–Crippen LogP) is 1.41. The highest BCUT2D eigenvalue weighted by Crippen LogP contribution is 2.30. The molecule has 2 aliphatic heterocycles. The Kier molecular flexibility index (Phi) is 6.28. The summed E-state index contributed by atoms with van der Waals surface area (Å²) in [5.74, 6) is 0.940. The number of hydrogen-bond acceptors (Lipinski definition) is 7. The summed E-state index contributed by atoms with van der Waals surface area (Å²) in [6.07, 6.45) is 5.59. The fraction of sp³-hybridized carbons (Fsp3) is 0.591. The van der Waals surface area contributed by atoms with E-state index < -0.39 is 0 Å². The Morgan fingerprint density at radius 3 is 2.66 bits per heavy atom. The van der Waals surface area contributed by atoms with Crippen molar-refractivity contribution in [2.45, 2.75) is 44.7 Å². The highest BCUT2D eigenvalue weighted by atomic mass is 16.2. The summed E-state index contributed by atoms with van der Waals surface area (Å²) in [6.45, 7) is 4.65. The molecule has 10 nitrogen and oxygen atoms in total. The molecule has 4 heterocycles. The van der Waals surface area contributed by atoms with Gasteiger partial charge in [0.05, 0.1) is 17.5 Å². The molecule has 2 atom stereocenters. The van der Waals surface area contributed by atoms with Gasteiger partial charge in [-0.05, 0) is 31.2 Å². The van der Waals surface area contributed by atoms with E-state index in [0.29, 0.717) is 37.7 Å². The second-order valence-electron chi connectivity index (χ2n) is 8.85. The molecule has 2 fully saturated rings. The molecule has 4 rings (SSSR count). The topological polar surface area (TPSA) is 124 Å². The summed E-state index contributed by atoms with van der Waals surface area (Å²) < 4.78 is 1.58. The van der Waals surface area contributed by atoms with Crippen LogP contribution < -0.4 is 10.6 Å². The number of hydrogen-bond donors (Lipinski definition) is 1. The van der Waals surface area contributed by atoms with Crippen LogP contribution in [0.15, 0.2) is 18.6 Å². The molecular weight excluding hydrogens is 408 g/mol. The molecule has 0 aliphatic carbocycles. The third-order valence-electron chi connectivity index (χ3n) is 6.81. The van der Waals surface area contributed by atoms with Crippen LogP contribution in [-0.2, 0) is 4.79 Å². The van der Waals surface area contributed by atoms with Crippen LogP contribution in [-0.4, -0.2) is 81.6 Å². The van der Waals surface area contributed by atoms with Gasteiger partial charge >= 0.3 is 6.03 Å². The van der Waals surface area contributed by atoms with Gasteiger partial charge < -0.3 is 20.4 Å². The normalized spacial score (nSPS) is 22.1. The summed E-state index contributed by atoms with van der Waals surface area (Å²) in [5.41, 5.74) is 6.55. The zero-order chi connectivity index (χ0) is 22.8. The molecule has 0 radical (unpaired) electrons. The van der Waals surface area contributed by atoms with E-state index in [0.717, 1.165) is 30.5 Å². The molecule has 2 saturated heterocycles. The minimum atomic E-state index is -0.136. The second kappa shape index (κ2) is 9.12. The van der Waals surface area contributed by atoms with E-state index in [2.05, 4.69) is 21.8 Å². The largest absolute Gasteiger partial charge is 0.354 e. The zero-order valence-electron chi connectivity index (χ0n) is 18.6. The maximum Gasteiger partial charge on any atom is 0.329 e. The van der Waals surface area contributed by atoms with E-state index >= 15 is 0 Å². The summed E-state index contributed by atoms with van der Waals surface area (Å²) in [6, 6.07) is 3.93. The number of carbonyl (C=O) groups is 2. The highest BCUT2D eigenvalue weighted by Gasteiger charge is 2.33. The van der Waals surface area contributed by atoms with Crippen molar-refractivity contribution in [2.24, 2.45) is 11.7 Å². The van der Waals surface area contributed by atoms with Crippen LogP contribution in [0.3, 0.4) is 0 Å². The molecule has 0 aromatic carbocycles. The Balaban J connectivity index is 1.59. The first-order chi connectivity index (χ1) is 15.4. The number of carbonyl (C=O) groups excluding carboxylic acids is 2. The van der Waals surface area contributed by atoms with Crippen molar-refractivity contribution in [3.63, 3.8) is 0 Å². The molecule has 0 bridgehead atoms. The summed E-state index contributed by atoms with van der Waals surface area (Å²) >= 11 is 0. The summed E-state index contributed by atoms with van der Waals surface area (Å²) in [7, 11) is 1.96. The van der Waals surface area contributed by atoms with Gasteiger partial charge in [-0.25, -0.2) is 14.8 Å². The van der Waals surface area contributed by atoms with E-state index in [-0.39, 0.29) is 30.4 Å². The summed E-state index contributed by atoms with van der Waals surface area (Å²) in [4.78, 5) is 40.0. The van der Waals surface area contributed by atoms with E-state index in [4.69, 9.17) is 11.0 Å². The molecule has 0 spiro atoms.